The van der Waals surface area contributed by atoms with E-state index in [1.54, 1.807) is 0 Å². The minimum atomic E-state index is -1.27. The molecule has 0 aromatic carbocycles. The van der Waals surface area contributed by atoms with Gasteiger partial charge < -0.3 is 42.0 Å². The number of esters is 1. The lowest BCUT2D eigenvalue weighted by Crippen LogP contribution is -2.30. The highest BCUT2D eigenvalue weighted by molar-refractivity contribution is 5.96. The Morgan fingerprint density at radius 3 is 0.944 bits per heavy atom. The van der Waals surface area contributed by atoms with Gasteiger partial charge in [-0.15, -0.1) is 39.5 Å². The average molecular weight is 1730 g/mol. The largest absolute Gasteiger partial charge is 0.481 e. The van der Waals surface area contributed by atoms with E-state index in [-0.39, 0.29) is 53.6 Å². The smallest absolute Gasteiger partial charge is 0.327 e. The number of carboxylic acid groups (broad SMARTS) is 1. The minimum Gasteiger partial charge on any atom is -0.481 e. The Balaban J connectivity index is 0.000000181. The summed E-state index contributed by atoms with van der Waals surface area (Å²) in [5.41, 5.74) is 9.35. The summed E-state index contributed by atoms with van der Waals surface area (Å²) in [7, 11) is 0. The molecule has 0 bridgehead atoms. The first-order chi connectivity index (χ1) is 60.0. The van der Waals surface area contributed by atoms with Crippen molar-refractivity contribution in [2.45, 2.75) is 288 Å². The SMILES string of the molecule is C=CC1CC(C=C)C2CC(C(=O)F)=CC12.C=CC1CC(C=C)C2CC(C(=O)NCCCCC)=CC12.C=CC1CC(C=C)C2CC(C(=O)NCCO)=CC12.CCC1CC(CC)C2CC(C(=O)NCCN)=CC12.CCC1CC(CC)C2CC(C(=O)O)CC12.CCC1CC(CC)C2CC(C(=O)OC(C)(C)C)CC12.CCCCCNC(=O)C1=CC2C(CC)CC(CC)C2C1. The summed E-state index contributed by atoms with van der Waals surface area (Å²) in [4.78, 5) is 82.3. The Morgan fingerprint density at radius 2 is 0.656 bits per heavy atom. The highest BCUT2D eigenvalue weighted by Crippen LogP contribution is 2.59. The van der Waals surface area contributed by atoms with E-state index in [2.05, 4.69) is 166 Å². The number of carbonyl (C=O) groups excluding carboxylic acids is 6. The topological polar surface area (TPSA) is 243 Å². The number of aliphatic hydroxyl groups excluding tert-OH is 1. The van der Waals surface area contributed by atoms with Crippen molar-refractivity contribution in [3.05, 3.63) is 134 Å². The van der Waals surface area contributed by atoms with Gasteiger partial charge in [0.15, 0.2) is 0 Å². The highest BCUT2D eigenvalue weighted by Gasteiger charge is 2.53. The summed E-state index contributed by atoms with van der Waals surface area (Å²) in [5, 5.41) is 29.6. The molecule has 8 N–H and O–H groups in total. The van der Waals surface area contributed by atoms with Crippen LogP contribution in [0, 0.1) is 178 Å². The number of nitrogens with two attached hydrogens (primary N) is 1. The number of carbonyl (C=O) groups is 7. The van der Waals surface area contributed by atoms with Gasteiger partial charge in [-0.05, 0) is 302 Å². The molecule has 14 aliphatic carbocycles. The predicted molar refractivity (Wildman–Crippen MR) is 509 cm³/mol. The Kier molecular flexibility index (Phi) is 42.0. The first-order valence-electron chi connectivity index (χ1n) is 50.4. The van der Waals surface area contributed by atoms with E-state index in [1.165, 1.54) is 103 Å². The fraction of sp³-hybridized carbons (Fsp3) is 0.734. The number of aliphatic hydroxyl groups is 1. The van der Waals surface area contributed by atoms with Crippen molar-refractivity contribution < 1.29 is 52.9 Å². The van der Waals surface area contributed by atoms with Crippen LogP contribution >= 0.6 is 0 Å². The lowest BCUT2D eigenvalue weighted by molar-refractivity contribution is -0.160. The number of fused-ring (bicyclic) bond motifs is 7. The molecule has 16 heteroatoms. The molecule has 28 atom stereocenters. The van der Waals surface area contributed by atoms with Gasteiger partial charge in [-0.25, -0.2) is 0 Å². The number of ether oxygens (including phenoxy) is 1. The zero-order valence-electron chi connectivity index (χ0n) is 80.0. The van der Waals surface area contributed by atoms with E-state index >= 15 is 0 Å². The molecule has 125 heavy (non-hydrogen) atoms. The van der Waals surface area contributed by atoms with Crippen LogP contribution in [0.2, 0.25) is 0 Å². The van der Waals surface area contributed by atoms with Gasteiger partial charge in [-0.2, -0.15) is 4.39 Å². The van der Waals surface area contributed by atoms with Crippen LogP contribution in [0.5, 0.6) is 0 Å². The molecule has 15 nitrogen and oxygen atoms in total. The number of allylic oxidation sites excluding steroid dienone is 12. The van der Waals surface area contributed by atoms with Crippen LogP contribution in [-0.2, 0) is 38.3 Å². The van der Waals surface area contributed by atoms with E-state index in [4.69, 9.17) is 20.7 Å². The summed E-state index contributed by atoms with van der Waals surface area (Å²) in [6, 6.07) is -1.27. The molecule has 0 aromatic heterocycles. The van der Waals surface area contributed by atoms with E-state index in [0.717, 1.165) is 202 Å². The molecule has 0 spiro atoms. The number of aliphatic carboxylic acids is 1. The second kappa shape index (κ2) is 50.6. The van der Waals surface area contributed by atoms with Crippen molar-refractivity contribution in [1.29, 1.82) is 0 Å². The van der Waals surface area contributed by atoms with Crippen molar-refractivity contribution in [1.82, 2.24) is 21.3 Å². The molecule has 9 saturated carbocycles. The van der Waals surface area contributed by atoms with Crippen LogP contribution in [-0.4, -0.2) is 96.7 Å². The van der Waals surface area contributed by atoms with Crippen LogP contribution in [0.25, 0.3) is 0 Å². The Bertz CT molecular complexity index is 3710. The van der Waals surface area contributed by atoms with E-state index in [9.17, 15) is 38.0 Å². The highest BCUT2D eigenvalue weighted by atomic mass is 19.1. The summed E-state index contributed by atoms with van der Waals surface area (Å²) >= 11 is 0. The zero-order valence-corrected chi connectivity index (χ0v) is 80.0. The van der Waals surface area contributed by atoms with Gasteiger partial charge in [0.05, 0.1) is 18.4 Å². The Labute approximate surface area is 756 Å². The zero-order chi connectivity index (χ0) is 91.5. The van der Waals surface area contributed by atoms with Crippen LogP contribution in [0.15, 0.2) is 134 Å². The molecule has 9 fully saturated rings. The molecular weight excluding hydrogens is 1560 g/mol. The van der Waals surface area contributed by atoms with Gasteiger partial charge in [0.25, 0.3) is 0 Å². The standard InChI is InChI=1S/C18H31NO.C18H27NO.C17H30O2.C15H26N2O.C15H21NO2.C13H15FO.C13H22O2/c2*1-4-7-8-9-19-18(20)15-11-16-13(5-2)10-14(6-3)17(16)12-15;1-6-11-8-12(7-2)15-10-13(9-14(11)15)16(18)19-17(3,4)5;1-3-10-7-11(4-2)14-9-12(8-13(10)14)15(18)17-6-5-16;1-3-10-7-11(4-2)14-9-12(8-13(10)14)15(18)16-5-6-17;2*1-3-8-5-9(4-2)12-7-10(13(14)15)6-11(8)12/h11,13-14,16-17H,4-10,12H2,1-3H3,(H,19,20);5-6,11,13-14,16-17H,2-4,7-10,12H2,1H3,(H,19,20);11-15H,6-10H2,1-5H3;8,10-11,13-14H,3-7,9,16H2,1-2H3,(H,17,18);3-4,8,10-11,13-14,17H,1-2,5-7,9H2,(H,16,18);3-4,6,8-9,11-12H,1-2,5,7H2;8-12H,3-7H2,1-2H3,(H,14,15). The third kappa shape index (κ3) is 26.6. The van der Waals surface area contributed by atoms with E-state index in [1.807, 2.05) is 51.2 Å². The maximum atomic E-state index is 12.6. The number of rotatable bonds is 33. The van der Waals surface area contributed by atoms with Crippen molar-refractivity contribution in [3.63, 3.8) is 0 Å². The van der Waals surface area contributed by atoms with Crippen LogP contribution in [0.3, 0.4) is 0 Å². The number of nitrogens with one attached hydrogen (secondary N) is 4. The lowest BCUT2D eigenvalue weighted by Gasteiger charge is -2.23. The number of unbranched alkanes of at least 4 members (excludes halogenated alkanes) is 4. The minimum absolute atomic E-state index is 0.0174. The number of hydrogen-bond donors (Lipinski definition) is 7. The molecule has 700 valence electrons. The maximum Gasteiger partial charge on any atom is 0.327 e. The van der Waals surface area contributed by atoms with E-state index < -0.39 is 12.0 Å². The fourth-order valence-electron chi connectivity index (χ4n) is 26.7. The molecule has 14 rings (SSSR count). The molecule has 0 aliphatic heterocycles. The van der Waals surface area contributed by atoms with E-state index in [0.29, 0.717) is 114 Å². The Hall–Kier alpha value is -6.52. The average Bonchev–Trinajstić information content (AvgIpc) is 1.63. The Morgan fingerprint density at radius 1 is 0.376 bits per heavy atom. The second-order valence-electron chi connectivity index (χ2n) is 41.2. The van der Waals surface area contributed by atoms with Crippen LogP contribution in [0.1, 0.15) is 283 Å². The van der Waals surface area contributed by atoms with Crippen LogP contribution in [0.4, 0.5) is 4.39 Å². The normalized spacial score (nSPS) is 35.7. The van der Waals surface area contributed by atoms with Gasteiger partial charge in [-0.3, -0.25) is 33.6 Å². The number of amides is 4. The summed E-state index contributed by atoms with van der Waals surface area (Å²) in [6.45, 7) is 54.9. The molecule has 0 saturated heterocycles. The predicted octanol–water partition coefficient (Wildman–Crippen LogP) is 22.6. The fourth-order valence-corrected chi connectivity index (χ4v) is 26.7. The van der Waals surface area contributed by atoms with Crippen molar-refractivity contribution >= 4 is 41.6 Å². The monoisotopic (exact) mass is 1730 g/mol. The molecule has 0 heterocycles. The van der Waals surface area contributed by atoms with Gasteiger partial charge in [0.2, 0.25) is 23.6 Å². The molecule has 28 unspecified atom stereocenters. The van der Waals surface area contributed by atoms with Crippen molar-refractivity contribution in [2.24, 2.45) is 183 Å². The summed E-state index contributed by atoms with van der Waals surface area (Å²) < 4.78 is 18.2. The number of halogens is 1. The lowest BCUT2D eigenvalue weighted by atomic mass is 9.88. The molecule has 0 radical (unpaired) electrons. The number of carboxylic acids is 1. The molecule has 4 amide bonds. The first kappa shape index (κ1) is 104. The van der Waals surface area contributed by atoms with Gasteiger partial charge in [-0.1, -0.05) is 213 Å². The van der Waals surface area contributed by atoms with Gasteiger partial charge in [0.1, 0.15) is 5.60 Å². The summed E-state index contributed by atoms with van der Waals surface area (Å²) in [6.07, 6.45) is 56.9. The third-order valence-corrected chi connectivity index (χ3v) is 33.4. The number of hydrogen-bond acceptors (Lipinski definition) is 10. The molecule has 0 aromatic rings. The van der Waals surface area contributed by atoms with Crippen molar-refractivity contribution in [3.8, 4) is 0 Å². The third-order valence-electron chi connectivity index (χ3n) is 33.4. The molecule has 14 aliphatic rings. The molecular formula is C109H172FN5O10. The quantitative estimate of drug-likeness (QED) is 0.0141. The maximum absolute atomic E-state index is 12.6. The van der Waals surface area contributed by atoms with Gasteiger partial charge >= 0.3 is 18.0 Å². The van der Waals surface area contributed by atoms with Gasteiger partial charge in [0, 0.05) is 60.6 Å². The second-order valence-corrected chi connectivity index (χ2v) is 41.2. The first-order valence-corrected chi connectivity index (χ1v) is 50.4. The van der Waals surface area contributed by atoms with Crippen LogP contribution < -0.4 is 27.0 Å². The summed E-state index contributed by atoms with van der Waals surface area (Å²) in [5.74, 6) is 17.8. The van der Waals surface area contributed by atoms with Crippen molar-refractivity contribution in [2.75, 3.05) is 39.3 Å².